The van der Waals surface area contributed by atoms with Crippen LogP contribution in [-0.2, 0) is 4.79 Å². The number of halogens is 1. The van der Waals surface area contributed by atoms with Crippen molar-refractivity contribution in [3.8, 4) is 0 Å². The topological polar surface area (TPSA) is 37.3 Å². The molecule has 4 aliphatic rings. The molecule has 136 valence electrons. The Morgan fingerprint density at radius 2 is 1.75 bits per heavy atom. The predicted octanol–water partition coefficient (Wildman–Crippen LogP) is 4.97. The van der Waals surface area contributed by atoms with Crippen LogP contribution in [0.1, 0.15) is 71.6 Å². The van der Waals surface area contributed by atoms with Gasteiger partial charge < -0.3 is 5.11 Å². The van der Waals surface area contributed by atoms with Crippen molar-refractivity contribution < 1.29 is 9.90 Å². The Bertz CT molecular complexity index is 516. The van der Waals surface area contributed by atoms with E-state index in [0.29, 0.717) is 17.0 Å². The Morgan fingerprint density at radius 1 is 1.00 bits per heavy atom. The van der Waals surface area contributed by atoms with E-state index in [1.165, 1.54) is 38.5 Å². The maximum absolute atomic E-state index is 12.5. The number of aliphatic hydroxyl groups is 1. The minimum atomic E-state index is -0.419. The number of hydrogen-bond donors (Lipinski definition) is 1. The van der Waals surface area contributed by atoms with Crippen LogP contribution in [0.25, 0.3) is 0 Å². The van der Waals surface area contributed by atoms with Crippen LogP contribution in [-0.4, -0.2) is 21.8 Å². The summed E-state index contributed by atoms with van der Waals surface area (Å²) in [5.74, 6) is 4.83. The third-order valence-corrected chi connectivity index (χ3v) is 9.31. The average Bonchev–Trinajstić information content (AvgIpc) is 2.90. The van der Waals surface area contributed by atoms with Gasteiger partial charge in [-0.15, -0.1) is 0 Å². The number of hydrogen-bond acceptors (Lipinski definition) is 2. The van der Waals surface area contributed by atoms with Gasteiger partial charge in [-0.25, -0.2) is 0 Å². The Morgan fingerprint density at radius 3 is 2.50 bits per heavy atom. The van der Waals surface area contributed by atoms with Gasteiger partial charge in [0.05, 0.1) is 10.9 Å². The Balaban J connectivity index is 1.54. The highest BCUT2D eigenvalue weighted by molar-refractivity contribution is 9.09. The summed E-state index contributed by atoms with van der Waals surface area (Å²) in [4.78, 5) is 12.5. The molecule has 8 atom stereocenters. The number of Topliss-reactive ketones (excluding diaryl/α,β-unsaturated/α-hetero) is 1. The number of carbonyl (C=O) groups is 1. The molecule has 2 nitrogen and oxygen atoms in total. The molecule has 0 spiro atoms. The second-order valence-electron chi connectivity index (χ2n) is 9.95. The van der Waals surface area contributed by atoms with E-state index < -0.39 is 5.60 Å². The summed E-state index contributed by atoms with van der Waals surface area (Å²) in [6.45, 7) is 4.48. The lowest BCUT2D eigenvalue weighted by Crippen LogP contribution is -2.51. The van der Waals surface area contributed by atoms with Crippen LogP contribution in [0.15, 0.2) is 0 Å². The van der Waals surface area contributed by atoms with Crippen molar-refractivity contribution in [2.24, 2.45) is 40.9 Å². The molecule has 0 aromatic heterocycles. The maximum Gasteiger partial charge on any atom is 0.147 e. The lowest BCUT2D eigenvalue weighted by Gasteiger charge is -2.56. The van der Waals surface area contributed by atoms with Gasteiger partial charge in [-0.2, -0.15) is 0 Å². The van der Waals surface area contributed by atoms with Crippen LogP contribution in [0, 0.1) is 40.9 Å². The lowest BCUT2D eigenvalue weighted by molar-refractivity contribution is -0.129. The molecule has 4 saturated carbocycles. The summed E-state index contributed by atoms with van der Waals surface area (Å²) in [5, 5.41) is 11.0. The minimum Gasteiger partial charge on any atom is -0.390 e. The van der Waals surface area contributed by atoms with Crippen LogP contribution < -0.4 is 0 Å². The highest BCUT2D eigenvalue weighted by atomic mass is 79.9. The Labute approximate surface area is 155 Å². The number of fused-ring (bicyclic) bond motifs is 5. The van der Waals surface area contributed by atoms with Gasteiger partial charge in [0.25, 0.3) is 0 Å². The molecule has 0 aromatic carbocycles. The van der Waals surface area contributed by atoms with E-state index in [2.05, 4.69) is 22.9 Å². The smallest absolute Gasteiger partial charge is 0.147 e. The zero-order chi connectivity index (χ0) is 17.1. The number of rotatable bonds is 2. The van der Waals surface area contributed by atoms with E-state index in [1.54, 1.807) is 0 Å². The summed E-state index contributed by atoms with van der Waals surface area (Å²) in [5.41, 5.74) is -0.156. The second kappa shape index (κ2) is 6.08. The van der Waals surface area contributed by atoms with E-state index in [9.17, 15) is 9.90 Å². The molecular formula is C21H33BrO2. The van der Waals surface area contributed by atoms with Crippen LogP contribution in [0.5, 0.6) is 0 Å². The van der Waals surface area contributed by atoms with Gasteiger partial charge >= 0.3 is 0 Å². The molecule has 4 rings (SSSR count). The van der Waals surface area contributed by atoms with E-state index >= 15 is 0 Å². The third kappa shape index (κ3) is 2.64. The molecule has 3 heteroatoms. The number of alkyl halides is 1. The van der Waals surface area contributed by atoms with Gasteiger partial charge in [-0.3, -0.25) is 4.79 Å². The molecule has 24 heavy (non-hydrogen) atoms. The Kier molecular flexibility index (Phi) is 4.44. The van der Waals surface area contributed by atoms with E-state index in [1.807, 2.05) is 6.92 Å². The first kappa shape index (κ1) is 17.5. The van der Waals surface area contributed by atoms with Crippen molar-refractivity contribution in [2.45, 2.75) is 77.2 Å². The molecule has 0 bridgehead atoms. The van der Waals surface area contributed by atoms with Crippen molar-refractivity contribution in [3.63, 3.8) is 0 Å². The summed E-state index contributed by atoms with van der Waals surface area (Å²) < 4.78 is 0. The van der Waals surface area contributed by atoms with Crippen LogP contribution in [0.2, 0.25) is 0 Å². The van der Waals surface area contributed by atoms with Gasteiger partial charge in [-0.05, 0) is 99.7 Å². The first-order valence-electron chi connectivity index (χ1n) is 10.2. The number of carbonyl (C=O) groups excluding carboxylic acids is 1. The van der Waals surface area contributed by atoms with Crippen LogP contribution >= 0.6 is 15.9 Å². The molecule has 4 fully saturated rings. The molecule has 0 radical (unpaired) electrons. The monoisotopic (exact) mass is 396 g/mol. The van der Waals surface area contributed by atoms with Crippen LogP contribution in [0.4, 0.5) is 0 Å². The van der Waals surface area contributed by atoms with Crippen molar-refractivity contribution in [1.29, 1.82) is 0 Å². The molecular weight excluding hydrogens is 364 g/mol. The summed E-state index contributed by atoms with van der Waals surface area (Å²) in [6, 6.07) is 0. The van der Waals surface area contributed by atoms with Gasteiger partial charge in [-0.1, -0.05) is 22.9 Å². The van der Waals surface area contributed by atoms with Crippen LogP contribution in [0.3, 0.4) is 0 Å². The standard InChI is InChI=1S/C21H33BrO2/c1-20(24)9-7-14-13(11-20)3-4-16-15(14)8-10-21(2)17(16)5-6-18(21)19(23)12-22/h13-18,24H,3-12H2,1-2H3/t13?,14-,15+,16+,17-,18+,20+,21-/m0/s1. The molecule has 0 aliphatic heterocycles. The van der Waals surface area contributed by atoms with Gasteiger partial charge in [0.2, 0.25) is 0 Å². The molecule has 1 unspecified atom stereocenters. The van der Waals surface area contributed by atoms with E-state index in [4.69, 9.17) is 0 Å². The fraction of sp³-hybridized carbons (Fsp3) is 0.952. The maximum atomic E-state index is 12.5. The normalized spacial score (nSPS) is 53.8. The van der Waals surface area contributed by atoms with Gasteiger partial charge in [0, 0.05) is 5.92 Å². The van der Waals surface area contributed by atoms with E-state index in [0.717, 1.165) is 48.9 Å². The quantitative estimate of drug-likeness (QED) is 0.668. The zero-order valence-corrected chi connectivity index (χ0v) is 16.9. The SMILES string of the molecule is C[C@@]1(O)CC[C@H]2C(CC[C@@H]3[C@@H]2CC[C@]2(C)[C@@H](C(=O)CBr)CC[C@@H]32)C1. The third-order valence-electron chi connectivity index (χ3n) is 8.76. The first-order valence-corrected chi connectivity index (χ1v) is 11.3. The number of ketones is 1. The molecule has 4 aliphatic carbocycles. The fourth-order valence-electron chi connectivity index (χ4n) is 7.70. The molecule has 0 heterocycles. The van der Waals surface area contributed by atoms with Crippen molar-refractivity contribution in [2.75, 3.05) is 5.33 Å². The molecule has 0 amide bonds. The van der Waals surface area contributed by atoms with Crippen molar-refractivity contribution in [3.05, 3.63) is 0 Å². The summed E-state index contributed by atoms with van der Waals surface area (Å²) >= 11 is 3.42. The van der Waals surface area contributed by atoms with Gasteiger partial charge in [0.15, 0.2) is 0 Å². The molecule has 0 aromatic rings. The zero-order valence-electron chi connectivity index (χ0n) is 15.3. The first-order chi connectivity index (χ1) is 11.4. The highest BCUT2D eigenvalue weighted by Gasteiger charge is 2.58. The predicted molar refractivity (Wildman–Crippen MR) is 100 cm³/mol. The fourth-order valence-corrected chi connectivity index (χ4v) is 8.09. The highest BCUT2D eigenvalue weighted by Crippen LogP contribution is 2.64. The van der Waals surface area contributed by atoms with Crippen molar-refractivity contribution in [1.82, 2.24) is 0 Å². The van der Waals surface area contributed by atoms with Crippen molar-refractivity contribution >= 4 is 21.7 Å². The van der Waals surface area contributed by atoms with E-state index in [-0.39, 0.29) is 5.41 Å². The average molecular weight is 397 g/mol. The minimum absolute atomic E-state index is 0.263. The molecule has 0 saturated heterocycles. The second-order valence-corrected chi connectivity index (χ2v) is 10.5. The molecule has 1 N–H and O–H groups in total. The summed E-state index contributed by atoms with van der Waals surface area (Å²) in [6.07, 6.45) is 10.9. The van der Waals surface area contributed by atoms with Gasteiger partial charge in [0.1, 0.15) is 5.78 Å². The Hall–Kier alpha value is 0.110. The largest absolute Gasteiger partial charge is 0.390 e. The summed E-state index contributed by atoms with van der Waals surface area (Å²) in [7, 11) is 0. The lowest BCUT2D eigenvalue weighted by atomic mass is 9.49.